The first-order valence-corrected chi connectivity index (χ1v) is 8.32. The topological polar surface area (TPSA) is 54.5 Å². The van der Waals surface area contributed by atoms with Crippen LogP contribution in [0.5, 0.6) is 0 Å². The van der Waals surface area contributed by atoms with Crippen molar-refractivity contribution < 1.29 is 9.53 Å². The second-order valence-corrected chi connectivity index (χ2v) is 6.03. The van der Waals surface area contributed by atoms with Gasteiger partial charge in [-0.2, -0.15) is 0 Å². The highest BCUT2D eigenvalue weighted by Crippen LogP contribution is 2.21. The lowest BCUT2D eigenvalue weighted by Gasteiger charge is -2.32. The third kappa shape index (κ3) is 4.32. The van der Waals surface area contributed by atoms with Crippen molar-refractivity contribution in [2.75, 3.05) is 30.4 Å². The van der Waals surface area contributed by atoms with Gasteiger partial charge in [0, 0.05) is 20.2 Å². The minimum Gasteiger partial charge on any atom is -0.381 e. The summed E-state index contributed by atoms with van der Waals surface area (Å²) in [5.74, 6) is 0.536. The number of nitrogens with zero attached hydrogens (tertiary/aromatic N) is 2. The first-order valence-electron chi connectivity index (χ1n) is 8.32. The van der Waals surface area contributed by atoms with Crippen LogP contribution in [-0.4, -0.2) is 37.2 Å². The normalized spacial score (nSPS) is 15.3. The summed E-state index contributed by atoms with van der Waals surface area (Å²) in [5, 5.41) is 2.85. The van der Waals surface area contributed by atoms with Crippen LogP contribution in [0, 0.1) is 0 Å². The van der Waals surface area contributed by atoms with E-state index in [2.05, 4.69) is 15.2 Å². The van der Waals surface area contributed by atoms with Gasteiger partial charge in [-0.05, 0) is 30.5 Å². The molecule has 0 saturated carbocycles. The maximum atomic E-state index is 12.1. The number of nitrogens with one attached hydrogen (secondary N) is 1. The highest BCUT2D eigenvalue weighted by atomic mass is 16.5. The van der Waals surface area contributed by atoms with Crippen molar-refractivity contribution in [3.05, 3.63) is 54.2 Å². The zero-order chi connectivity index (χ0) is 16.8. The van der Waals surface area contributed by atoms with E-state index in [0.29, 0.717) is 18.3 Å². The second-order valence-electron chi connectivity index (χ2n) is 6.03. The third-order valence-electron chi connectivity index (χ3n) is 4.36. The molecule has 24 heavy (non-hydrogen) atoms. The molecule has 0 spiro atoms. The maximum Gasteiger partial charge on any atom is 0.229 e. The highest BCUT2D eigenvalue weighted by molar-refractivity contribution is 5.91. The highest BCUT2D eigenvalue weighted by Gasteiger charge is 2.19. The number of hydrogen-bond donors (Lipinski definition) is 1. The first kappa shape index (κ1) is 16.5. The van der Waals surface area contributed by atoms with Gasteiger partial charge in [0.1, 0.15) is 5.82 Å². The van der Waals surface area contributed by atoms with Crippen molar-refractivity contribution in [1.82, 2.24) is 4.98 Å². The molecule has 0 radical (unpaired) electrons. The number of rotatable bonds is 5. The number of piperidine rings is 1. The molecule has 126 valence electrons. The predicted octanol–water partition coefficient (Wildman–Crippen LogP) is 2.88. The van der Waals surface area contributed by atoms with Crippen LogP contribution in [0.25, 0.3) is 0 Å². The van der Waals surface area contributed by atoms with E-state index in [9.17, 15) is 4.79 Å². The number of carbonyl (C=O) groups is 1. The fourth-order valence-electron chi connectivity index (χ4n) is 2.97. The molecule has 3 rings (SSSR count). The number of aromatic nitrogens is 1. The lowest BCUT2D eigenvalue weighted by atomic mass is 10.1. The maximum absolute atomic E-state index is 12.1. The predicted molar refractivity (Wildman–Crippen MR) is 95.3 cm³/mol. The summed E-state index contributed by atoms with van der Waals surface area (Å²) < 4.78 is 5.40. The Morgan fingerprint density at radius 2 is 1.96 bits per heavy atom. The summed E-state index contributed by atoms with van der Waals surface area (Å²) in [4.78, 5) is 18.7. The quantitative estimate of drug-likeness (QED) is 0.918. The molecular weight excluding hydrogens is 302 g/mol. The number of ether oxygens (including phenoxy) is 1. The monoisotopic (exact) mass is 325 g/mol. The van der Waals surface area contributed by atoms with Gasteiger partial charge in [0.15, 0.2) is 0 Å². The molecule has 2 aromatic rings. The molecule has 1 aromatic heterocycles. The molecule has 1 N–H and O–H groups in total. The first-order chi connectivity index (χ1) is 11.7. The van der Waals surface area contributed by atoms with E-state index in [4.69, 9.17) is 4.74 Å². The molecule has 1 aromatic carbocycles. The van der Waals surface area contributed by atoms with Gasteiger partial charge in [0.25, 0.3) is 0 Å². The molecule has 0 unspecified atom stereocenters. The summed E-state index contributed by atoms with van der Waals surface area (Å²) in [7, 11) is 1.77. The zero-order valence-electron chi connectivity index (χ0n) is 13.9. The lowest BCUT2D eigenvalue weighted by molar-refractivity contribution is -0.115. The van der Waals surface area contributed by atoms with Gasteiger partial charge in [-0.25, -0.2) is 4.98 Å². The summed E-state index contributed by atoms with van der Waals surface area (Å²) in [5.41, 5.74) is 2.08. The van der Waals surface area contributed by atoms with E-state index in [0.717, 1.165) is 37.2 Å². The van der Waals surface area contributed by atoms with Crippen molar-refractivity contribution >= 4 is 17.4 Å². The van der Waals surface area contributed by atoms with Gasteiger partial charge in [0.2, 0.25) is 5.91 Å². The smallest absolute Gasteiger partial charge is 0.229 e. The largest absolute Gasteiger partial charge is 0.381 e. The Hall–Kier alpha value is -2.40. The number of anilines is 2. The molecular formula is C19H23N3O2. The molecule has 0 aliphatic carbocycles. The Kier molecular flexibility index (Phi) is 5.43. The molecule has 1 aliphatic heterocycles. The minimum absolute atomic E-state index is 0.0534. The molecule has 5 nitrogen and oxygen atoms in total. The SMILES string of the molecule is COC1CCN(c2ccc(NC(=O)Cc3ccccc3)nc2)CC1. The molecule has 1 aliphatic rings. The van der Waals surface area contributed by atoms with Gasteiger partial charge in [-0.15, -0.1) is 0 Å². The van der Waals surface area contributed by atoms with Gasteiger partial charge in [-0.3, -0.25) is 4.79 Å². The Morgan fingerprint density at radius 3 is 2.58 bits per heavy atom. The second kappa shape index (κ2) is 7.93. The van der Waals surface area contributed by atoms with Crippen molar-refractivity contribution in [1.29, 1.82) is 0 Å². The zero-order valence-corrected chi connectivity index (χ0v) is 13.9. The summed E-state index contributed by atoms with van der Waals surface area (Å²) in [6.45, 7) is 1.94. The van der Waals surface area contributed by atoms with E-state index >= 15 is 0 Å². The number of methoxy groups -OCH3 is 1. The van der Waals surface area contributed by atoms with Gasteiger partial charge in [-0.1, -0.05) is 30.3 Å². The Labute approximate surface area is 142 Å². The minimum atomic E-state index is -0.0534. The molecule has 0 atom stereocenters. The van der Waals surface area contributed by atoms with E-state index in [1.807, 2.05) is 48.7 Å². The number of amides is 1. The average Bonchev–Trinajstić information content (AvgIpc) is 2.63. The van der Waals surface area contributed by atoms with Gasteiger partial charge < -0.3 is 15.0 Å². The third-order valence-corrected chi connectivity index (χ3v) is 4.36. The van der Waals surface area contributed by atoms with E-state index in [1.165, 1.54) is 0 Å². The van der Waals surface area contributed by atoms with Crippen LogP contribution in [0.2, 0.25) is 0 Å². The summed E-state index contributed by atoms with van der Waals surface area (Å²) >= 11 is 0. The van der Waals surface area contributed by atoms with E-state index in [1.54, 1.807) is 7.11 Å². The van der Waals surface area contributed by atoms with Crippen LogP contribution in [0.4, 0.5) is 11.5 Å². The summed E-state index contributed by atoms with van der Waals surface area (Å²) in [6, 6.07) is 13.6. The van der Waals surface area contributed by atoms with Gasteiger partial charge in [0.05, 0.1) is 24.4 Å². The number of benzene rings is 1. The molecule has 2 heterocycles. The fourth-order valence-corrected chi connectivity index (χ4v) is 2.97. The van der Waals surface area contributed by atoms with Crippen molar-refractivity contribution in [2.45, 2.75) is 25.4 Å². The molecule has 0 bridgehead atoms. The van der Waals surface area contributed by atoms with E-state index < -0.39 is 0 Å². The van der Waals surface area contributed by atoms with Crippen molar-refractivity contribution in [3.8, 4) is 0 Å². The Bertz CT molecular complexity index is 650. The Balaban J connectivity index is 1.54. The van der Waals surface area contributed by atoms with Gasteiger partial charge >= 0.3 is 0 Å². The molecule has 1 fully saturated rings. The van der Waals surface area contributed by atoms with Crippen LogP contribution in [0.1, 0.15) is 18.4 Å². The number of hydrogen-bond acceptors (Lipinski definition) is 4. The number of carbonyl (C=O) groups excluding carboxylic acids is 1. The fraction of sp³-hybridized carbons (Fsp3) is 0.368. The molecule has 1 saturated heterocycles. The standard InChI is InChI=1S/C19H23N3O2/c1-24-17-9-11-22(12-10-17)16-7-8-18(20-14-16)21-19(23)13-15-5-3-2-4-6-15/h2-8,14,17H,9-13H2,1H3,(H,20,21,23). The van der Waals surface area contributed by atoms with Crippen LogP contribution >= 0.6 is 0 Å². The van der Waals surface area contributed by atoms with Crippen molar-refractivity contribution in [3.63, 3.8) is 0 Å². The van der Waals surface area contributed by atoms with Crippen LogP contribution in [0.3, 0.4) is 0 Å². The Morgan fingerprint density at radius 1 is 1.21 bits per heavy atom. The van der Waals surface area contributed by atoms with E-state index in [-0.39, 0.29) is 5.91 Å². The summed E-state index contributed by atoms with van der Waals surface area (Å²) in [6.07, 6.45) is 4.61. The van der Waals surface area contributed by atoms with Crippen LogP contribution < -0.4 is 10.2 Å². The van der Waals surface area contributed by atoms with Crippen molar-refractivity contribution in [2.24, 2.45) is 0 Å². The van der Waals surface area contributed by atoms with Crippen LogP contribution in [0.15, 0.2) is 48.7 Å². The number of pyridine rings is 1. The average molecular weight is 325 g/mol. The molecule has 5 heteroatoms. The molecule has 1 amide bonds. The lowest BCUT2D eigenvalue weighted by Crippen LogP contribution is -2.36. The van der Waals surface area contributed by atoms with Crippen LogP contribution in [-0.2, 0) is 16.0 Å².